The second-order valence-electron chi connectivity index (χ2n) is 5.25. The molecule has 1 amide bonds. The van der Waals surface area contributed by atoms with Crippen molar-refractivity contribution < 1.29 is 9.53 Å². The van der Waals surface area contributed by atoms with Gasteiger partial charge in [0.25, 0.3) is 0 Å². The van der Waals surface area contributed by atoms with Crippen molar-refractivity contribution in [3.63, 3.8) is 0 Å². The van der Waals surface area contributed by atoms with Crippen LogP contribution in [0.15, 0.2) is 18.3 Å². The van der Waals surface area contributed by atoms with Crippen molar-refractivity contribution in [3.05, 3.63) is 23.9 Å². The van der Waals surface area contributed by atoms with Gasteiger partial charge >= 0.3 is 6.09 Å². The summed E-state index contributed by atoms with van der Waals surface area (Å²) in [5.74, 6) is 0. The van der Waals surface area contributed by atoms with Crippen molar-refractivity contribution in [2.24, 2.45) is 0 Å². The van der Waals surface area contributed by atoms with E-state index in [1.54, 1.807) is 6.20 Å². The monoisotopic (exact) mass is 247 g/mol. The Morgan fingerprint density at radius 2 is 2.11 bits per heavy atom. The Balaban J connectivity index is 2.20. The minimum Gasteiger partial charge on any atom is -0.444 e. The fourth-order valence-electron chi connectivity index (χ4n) is 1.65. The molecule has 1 heterocycles. The molecule has 0 aliphatic heterocycles. The molecular formula is C13H17N3O2. The summed E-state index contributed by atoms with van der Waals surface area (Å²) < 4.78 is 5.22. The van der Waals surface area contributed by atoms with Gasteiger partial charge in [0.1, 0.15) is 5.60 Å². The molecule has 0 atom stereocenters. The van der Waals surface area contributed by atoms with Gasteiger partial charge < -0.3 is 4.74 Å². The lowest BCUT2D eigenvalue weighted by molar-refractivity contribution is 0.0636. The van der Waals surface area contributed by atoms with E-state index in [0.717, 1.165) is 22.2 Å². The van der Waals surface area contributed by atoms with Crippen molar-refractivity contribution in [1.29, 1.82) is 0 Å². The number of aryl methyl sites for hydroxylation is 1. The molecule has 0 aliphatic rings. The molecule has 5 heteroatoms. The van der Waals surface area contributed by atoms with E-state index in [2.05, 4.69) is 15.5 Å². The van der Waals surface area contributed by atoms with Crippen LogP contribution in [-0.4, -0.2) is 21.9 Å². The molecule has 1 aromatic carbocycles. The third-order valence-electron chi connectivity index (χ3n) is 2.42. The first kappa shape index (κ1) is 12.4. The molecule has 0 radical (unpaired) electrons. The molecule has 0 saturated carbocycles. The number of anilines is 1. The van der Waals surface area contributed by atoms with E-state index < -0.39 is 11.7 Å². The van der Waals surface area contributed by atoms with Crippen LogP contribution in [0.5, 0.6) is 0 Å². The maximum atomic E-state index is 11.7. The number of ether oxygens (including phenoxy) is 1. The minimum atomic E-state index is -0.502. The molecular weight excluding hydrogens is 230 g/mol. The number of fused-ring (bicyclic) bond motifs is 1. The van der Waals surface area contributed by atoms with Gasteiger partial charge in [-0.05, 0) is 45.4 Å². The Labute approximate surface area is 106 Å². The molecule has 2 rings (SSSR count). The number of aromatic amines is 1. The largest absolute Gasteiger partial charge is 0.444 e. The quantitative estimate of drug-likeness (QED) is 0.813. The minimum absolute atomic E-state index is 0.451. The van der Waals surface area contributed by atoms with Gasteiger partial charge in [-0.15, -0.1) is 0 Å². The molecule has 0 spiro atoms. The van der Waals surface area contributed by atoms with Crippen LogP contribution in [0, 0.1) is 6.92 Å². The predicted octanol–water partition coefficient (Wildman–Crippen LogP) is 3.22. The molecule has 0 bridgehead atoms. The van der Waals surface area contributed by atoms with Crippen LogP contribution >= 0.6 is 0 Å². The van der Waals surface area contributed by atoms with Crippen LogP contribution < -0.4 is 5.32 Å². The van der Waals surface area contributed by atoms with E-state index in [-0.39, 0.29) is 0 Å². The molecule has 2 aromatic rings. The number of hydrogen-bond donors (Lipinski definition) is 2. The van der Waals surface area contributed by atoms with E-state index in [1.165, 1.54) is 0 Å². The van der Waals surface area contributed by atoms with Gasteiger partial charge in [0.2, 0.25) is 0 Å². The number of amides is 1. The molecule has 1 aromatic heterocycles. The Kier molecular flexibility index (Phi) is 2.98. The smallest absolute Gasteiger partial charge is 0.412 e. The zero-order valence-corrected chi connectivity index (χ0v) is 11.0. The third-order valence-corrected chi connectivity index (χ3v) is 2.42. The number of H-pyrrole nitrogens is 1. The number of nitrogens with one attached hydrogen (secondary N) is 2. The van der Waals surface area contributed by atoms with Crippen LogP contribution in [0.25, 0.3) is 10.9 Å². The van der Waals surface area contributed by atoms with Gasteiger partial charge in [0.15, 0.2) is 0 Å². The Morgan fingerprint density at radius 3 is 2.78 bits per heavy atom. The van der Waals surface area contributed by atoms with Crippen LogP contribution in [0.3, 0.4) is 0 Å². The molecule has 5 nitrogen and oxygen atoms in total. The summed E-state index contributed by atoms with van der Waals surface area (Å²) in [6.45, 7) is 7.42. The first-order valence-electron chi connectivity index (χ1n) is 5.79. The first-order valence-corrected chi connectivity index (χ1v) is 5.79. The number of nitrogens with zero attached hydrogens (tertiary/aromatic N) is 1. The third kappa shape index (κ3) is 2.80. The molecule has 0 fully saturated rings. The highest BCUT2D eigenvalue weighted by Crippen LogP contribution is 2.22. The van der Waals surface area contributed by atoms with Crippen LogP contribution in [-0.2, 0) is 4.74 Å². The topological polar surface area (TPSA) is 67.0 Å². The first-order chi connectivity index (χ1) is 8.35. The van der Waals surface area contributed by atoms with Crippen molar-refractivity contribution in [3.8, 4) is 0 Å². The Hall–Kier alpha value is -2.04. The number of rotatable bonds is 1. The van der Waals surface area contributed by atoms with Crippen molar-refractivity contribution in [1.82, 2.24) is 10.2 Å². The van der Waals surface area contributed by atoms with Crippen LogP contribution in [0.2, 0.25) is 0 Å². The van der Waals surface area contributed by atoms with Crippen LogP contribution in [0.4, 0.5) is 10.5 Å². The molecule has 0 saturated heterocycles. The van der Waals surface area contributed by atoms with E-state index >= 15 is 0 Å². The lowest BCUT2D eigenvalue weighted by Gasteiger charge is -2.20. The van der Waals surface area contributed by atoms with Crippen LogP contribution in [0.1, 0.15) is 26.3 Å². The van der Waals surface area contributed by atoms with Crippen molar-refractivity contribution >= 4 is 22.7 Å². The maximum absolute atomic E-state index is 11.7. The predicted molar refractivity (Wildman–Crippen MR) is 70.7 cm³/mol. The van der Waals surface area contributed by atoms with E-state index in [4.69, 9.17) is 4.74 Å². The number of carbonyl (C=O) groups is 1. The van der Waals surface area contributed by atoms with Gasteiger partial charge in [-0.25, -0.2) is 4.79 Å². The average Bonchev–Trinajstić information content (AvgIpc) is 2.62. The highest BCUT2D eigenvalue weighted by Gasteiger charge is 2.17. The normalized spacial score (nSPS) is 11.6. The SMILES string of the molecule is Cc1cc2[nH]ncc2cc1NC(=O)OC(C)(C)C. The summed E-state index contributed by atoms with van der Waals surface area (Å²) >= 11 is 0. The average molecular weight is 247 g/mol. The van der Waals surface area contributed by atoms with Gasteiger partial charge in [0, 0.05) is 11.1 Å². The van der Waals surface area contributed by atoms with Gasteiger partial charge in [-0.1, -0.05) is 0 Å². The molecule has 0 aliphatic carbocycles. The van der Waals surface area contributed by atoms with E-state index in [0.29, 0.717) is 0 Å². The fourth-order valence-corrected chi connectivity index (χ4v) is 1.65. The Bertz CT molecular complexity index is 581. The zero-order chi connectivity index (χ0) is 13.3. The standard InChI is InChI=1S/C13H17N3O2/c1-8-5-11-9(7-14-16-11)6-10(8)15-12(17)18-13(2,3)4/h5-7H,1-4H3,(H,14,16)(H,15,17). The summed E-state index contributed by atoms with van der Waals surface area (Å²) in [6.07, 6.45) is 1.27. The number of hydrogen-bond acceptors (Lipinski definition) is 3. The summed E-state index contributed by atoms with van der Waals surface area (Å²) in [5, 5.41) is 10.5. The summed E-state index contributed by atoms with van der Waals surface area (Å²) in [5.41, 5.74) is 2.13. The molecule has 96 valence electrons. The van der Waals surface area contributed by atoms with Gasteiger partial charge in [-0.2, -0.15) is 5.10 Å². The van der Waals surface area contributed by atoms with Crippen molar-refractivity contribution in [2.45, 2.75) is 33.3 Å². The highest BCUT2D eigenvalue weighted by molar-refractivity contribution is 5.91. The zero-order valence-electron chi connectivity index (χ0n) is 11.0. The van der Waals surface area contributed by atoms with E-state index in [1.807, 2.05) is 39.8 Å². The van der Waals surface area contributed by atoms with Crippen molar-refractivity contribution in [2.75, 3.05) is 5.32 Å². The second-order valence-corrected chi connectivity index (χ2v) is 5.25. The molecule has 2 N–H and O–H groups in total. The maximum Gasteiger partial charge on any atom is 0.412 e. The molecule has 0 unspecified atom stereocenters. The summed E-state index contributed by atoms with van der Waals surface area (Å²) in [7, 11) is 0. The second kappa shape index (κ2) is 4.33. The number of benzene rings is 1. The van der Waals surface area contributed by atoms with E-state index in [9.17, 15) is 4.79 Å². The van der Waals surface area contributed by atoms with Gasteiger partial charge in [-0.3, -0.25) is 10.4 Å². The fraction of sp³-hybridized carbons (Fsp3) is 0.385. The Morgan fingerprint density at radius 1 is 1.39 bits per heavy atom. The number of aromatic nitrogens is 2. The lowest BCUT2D eigenvalue weighted by atomic mass is 10.1. The van der Waals surface area contributed by atoms with Gasteiger partial charge in [0.05, 0.1) is 11.7 Å². The summed E-state index contributed by atoms with van der Waals surface area (Å²) in [6, 6.07) is 3.81. The number of carbonyl (C=O) groups excluding carboxylic acids is 1. The summed E-state index contributed by atoms with van der Waals surface area (Å²) in [4.78, 5) is 11.7. The molecule has 18 heavy (non-hydrogen) atoms. The lowest BCUT2D eigenvalue weighted by Crippen LogP contribution is -2.27. The highest BCUT2D eigenvalue weighted by atomic mass is 16.6.